The molecule has 2 N–H and O–H groups in total. The molecule has 2 aromatic rings. The monoisotopic (exact) mass is 360 g/mol. The number of allylic oxidation sites excluding steroid dienone is 1. The predicted molar refractivity (Wildman–Crippen MR) is 90.9 cm³/mol. The molecular formula is C17H17BrN2O2. The number of carbonyl (C=O) groups is 1. The molecule has 2 rings (SSSR count). The third-order valence-electron chi connectivity index (χ3n) is 3.13. The van der Waals surface area contributed by atoms with Gasteiger partial charge in [-0.1, -0.05) is 28.1 Å². The third-order valence-corrected chi connectivity index (χ3v) is 3.66. The summed E-state index contributed by atoms with van der Waals surface area (Å²) in [6.45, 7) is 2.30. The van der Waals surface area contributed by atoms with Gasteiger partial charge in [-0.05, 0) is 54.8 Å². The number of amides is 1. The highest BCUT2D eigenvalue weighted by Crippen LogP contribution is 2.13. The Labute approximate surface area is 137 Å². The van der Waals surface area contributed by atoms with Crippen LogP contribution in [0.3, 0.4) is 0 Å². The topological polar surface area (TPSA) is 66.1 Å². The van der Waals surface area contributed by atoms with Crippen LogP contribution in [0.4, 0.5) is 0 Å². The van der Waals surface area contributed by atoms with Gasteiger partial charge in [-0.3, -0.25) is 10.2 Å². The van der Waals surface area contributed by atoms with Crippen molar-refractivity contribution in [1.29, 1.82) is 5.41 Å². The first kappa shape index (κ1) is 16.2. The van der Waals surface area contributed by atoms with E-state index in [0.29, 0.717) is 12.3 Å². The Morgan fingerprint density at radius 2 is 2.05 bits per heavy atom. The number of halogens is 1. The molecule has 0 aliphatic carbocycles. The molecule has 0 bridgehead atoms. The Kier molecular flexibility index (Phi) is 5.72. The summed E-state index contributed by atoms with van der Waals surface area (Å²) in [6, 6.07) is 11.5. The number of hydrogen-bond acceptors (Lipinski definition) is 3. The Balaban J connectivity index is 1.83. The van der Waals surface area contributed by atoms with Gasteiger partial charge in [0.15, 0.2) is 0 Å². The molecule has 5 heteroatoms. The van der Waals surface area contributed by atoms with Gasteiger partial charge >= 0.3 is 0 Å². The lowest BCUT2D eigenvalue weighted by atomic mass is 10.1. The van der Waals surface area contributed by atoms with E-state index in [-0.39, 0.29) is 11.6 Å². The van der Waals surface area contributed by atoms with Gasteiger partial charge in [0, 0.05) is 11.0 Å². The van der Waals surface area contributed by atoms with Crippen LogP contribution in [0.25, 0.3) is 5.57 Å². The molecule has 0 spiro atoms. The molecule has 1 aromatic carbocycles. The average Bonchev–Trinajstić information content (AvgIpc) is 3.03. The van der Waals surface area contributed by atoms with Crippen LogP contribution in [0.2, 0.25) is 0 Å². The van der Waals surface area contributed by atoms with E-state index in [0.717, 1.165) is 22.0 Å². The quantitative estimate of drug-likeness (QED) is 0.768. The maximum atomic E-state index is 11.9. The largest absolute Gasteiger partial charge is 0.465 e. The summed E-state index contributed by atoms with van der Waals surface area (Å²) in [6.07, 6.45) is 3.80. The maximum Gasteiger partial charge on any atom is 0.269 e. The number of benzene rings is 1. The van der Waals surface area contributed by atoms with Crippen molar-refractivity contribution in [3.8, 4) is 0 Å². The van der Waals surface area contributed by atoms with Crippen molar-refractivity contribution in [3.05, 3.63) is 64.5 Å². The minimum Gasteiger partial charge on any atom is -0.465 e. The lowest BCUT2D eigenvalue weighted by Gasteiger charge is -2.05. The Bertz CT molecular complexity index is 673. The van der Waals surface area contributed by atoms with Crippen molar-refractivity contribution in [3.63, 3.8) is 0 Å². The molecule has 0 unspecified atom stereocenters. The van der Waals surface area contributed by atoms with Crippen LogP contribution >= 0.6 is 15.9 Å². The van der Waals surface area contributed by atoms with Gasteiger partial charge in [0.2, 0.25) is 0 Å². The second-order valence-electron chi connectivity index (χ2n) is 4.85. The van der Waals surface area contributed by atoms with E-state index in [2.05, 4.69) is 21.2 Å². The maximum absolute atomic E-state index is 11.9. The van der Waals surface area contributed by atoms with Gasteiger partial charge in [-0.2, -0.15) is 0 Å². The highest BCUT2D eigenvalue weighted by molar-refractivity contribution is 9.10. The molecule has 1 aromatic heterocycles. The first-order chi connectivity index (χ1) is 10.6. The standard InChI is InChI=1S/C17H17BrN2O2/c1-12(16-3-2-10-22-16)11-15(19)17(21)20-9-8-13-4-6-14(18)7-5-13/h2-7,10-11,19H,8-9H2,1H3,(H,20,21)/b12-11+,19-15?. The predicted octanol–water partition coefficient (Wildman–Crippen LogP) is 3.82. The summed E-state index contributed by atoms with van der Waals surface area (Å²) in [5.74, 6) is 0.274. The number of nitrogens with one attached hydrogen (secondary N) is 2. The van der Waals surface area contributed by atoms with E-state index < -0.39 is 0 Å². The molecule has 0 aliphatic heterocycles. The first-order valence-corrected chi connectivity index (χ1v) is 7.69. The van der Waals surface area contributed by atoms with E-state index in [1.54, 1.807) is 18.4 Å². The minimum absolute atomic E-state index is 0.0790. The smallest absolute Gasteiger partial charge is 0.269 e. The van der Waals surface area contributed by atoms with Crippen LogP contribution < -0.4 is 5.32 Å². The molecular weight excluding hydrogens is 344 g/mol. The van der Waals surface area contributed by atoms with Crippen LogP contribution in [-0.2, 0) is 11.2 Å². The molecule has 1 heterocycles. The van der Waals surface area contributed by atoms with Crippen LogP contribution in [0.15, 0.2) is 57.6 Å². The van der Waals surface area contributed by atoms with Crippen LogP contribution in [-0.4, -0.2) is 18.2 Å². The Morgan fingerprint density at radius 1 is 1.32 bits per heavy atom. The Morgan fingerprint density at radius 3 is 2.68 bits per heavy atom. The van der Waals surface area contributed by atoms with Gasteiger partial charge in [0.05, 0.1) is 6.26 Å². The number of hydrogen-bond donors (Lipinski definition) is 2. The molecule has 4 nitrogen and oxygen atoms in total. The van der Waals surface area contributed by atoms with E-state index >= 15 is 0 Å². The SMILES string of the molecule is C/C(=C\C(=N)C(=O)NCCc1ccc(Br)cc1)c1ccco1. The van der Waals surface area contributed by atoms with Crippen LogP contribution in [0.1, 0.15) is 18.2 Å². The summed E-state index contributed by atoms with van der Waals surface area (Å²) in [4.78, 5) is 11.9. The van der Waals surface area contributed by atoms with Crippen molar-refractivity contribution in [2.24, 2.45) is 0 Å². The Hall–Kier alpha value is -2.14. The number of carbonyl (C=O) groups excluding carboxylic acids is 1. The van der Waals surface area contributed by atoms with E-state index in [4.69, 9.17) is 9.83 Å². The van der Waals surface area contributed by atoms with Crippen molar-refractivity contribution >= 4 is 33.1 Å². The highest BCUT2D eigenvalue weighted by Gasteiger charge is 2.08. The van der Waals surface area contributed by atoms with Crippen molar-refractivity contribution in [2.45, 2.75) is 13.3 Å². The average molecular weight is 361 g/mol. The summed E-state index contributed by atoms with van der Waals surface area (Å²) in [5.41, 5.74) is 1.81. The van der Waals surface area contributed by atoms with Crippen LogP contribution in [0.5, 0.6) is 0 Å². The molecule has 0 fully saturated rings. The summed E-state index contributed by atoms with van der Waals surface area (Å²) < 4.78 is 6.25. The van der Waals surface area contributed by atoms with Crippen molar-refractivity contribution < 1.29 is 9.21 Å². The normalized spacial score (nSPS) is 11.3. The zero-order chi connectivity index (χ0) is 15.9. The van der Waals surface area contributed by atoms with E-state index in [9.17, 15) is 4.79 Å². The molecule has 1 amide bonds. The number of rotatable bonds is 6. The van der Waals surface area contributed by atoms with Gasteiger partial charge in [0.1, 0.15) is 11.5 Å². The van der Waals surface area contributed by atoms with Gasteiger partial charge in [-0.15, -0.1) is 0 Å². The fourth-order valence-corrected chi connectivity index (χ4v) is 2.19. The lowest BCUT2D eigenvalue weighted by molar-refractivity contribution is -0.114. The summed E-state index contributed by atoms with van der Waals surface area (Å²) in [5, 5.41) is 10.5. The molecule has 0 atom stereocenters. The van der Waals surface area contributed by atoms with Gasteiger partial charge < -0.3 is 9.73 Å². The fourth-order valence-electron chi connectivity index (χ4n) is 1.92. The minimum atomic E-state index is -0.386. The fraction of sp³-hybridized carbons (Fsp3) is 0.176. The third kappa shape index (κ3) is 4.70. The van der Waals surface area contributed by atoms with Gasteiger partial charge in [-0.25, -0.2) is 0 Å². The van der Waals surface area contributed by atoms with E-state index in [1.807, 2.05) is 31.2 Å². The number of furan rings is 1. The molecule has 0 saturated carbocycles. The molecule has 114 valence electrons. The zero-order valence-electron chi connectivity index (χ0n) is 12.2. The lowest BCUT2D eigenvalue weighted by Crippen LogP contribution is -2.31. The molecule has 0 saturated heterocycles. The zero-order valence-corrected chi connectivity index (χ0v) is 13.8. The summed E-state index contributed by atoms with van der Waals surface area (Å²) >= 11 is 3.38. The second-order valence-corrected chi connectivity index (χ2v) is 5.77. The molecule has 22 heavy (non-hydrogen) atoms. The van der Waals surface area contributed by atoms with Crippen molar-refractivity contribution in [1.82, 2.24) is 5.32 Å². The van der Waals surface area contributed by atoms with E-state index in [1.165, 1.54) is 6.08 Å². The highest BCUT2D eigenvalue weighted by atomic mass is 79.9. The second kappa shape index (κ2) is 7.75. The molecule has 0 radical (unpaired) electrons. The molecule has 0 aliphatic rings. The first-order valence-electron chi connectivity index (χ1n) is 6.89. The van der Waals surface area contributed by atoms with Crippen LogP contribution in [0, 0.1) is 5.41 Å². The van der Waals surface area contributed by atoms with Gasteiger partial charge in [0.25, 0.3) is 5.91 Å². The van der Waals surface area contributed by atoms with Crippen molar-refractivity contribution in [2.75, 3.05) is 6.54 Å². The summed E-state index contributed by atoms with van der Waals surface area (Å²) in [7, 11) is 0.